The van der Waals surface area contributed by atoms with Crippen LogP contribution in [0, 0.1) is 0 Å². The smallest absolute Gasteiger partial charge is 0.375 e. The monoisotopic (exact) mass is 237 g/mol. The van der Waals surface area contributed by atoms with Gasteiger partial charge in [0.2, 0.25) is 11.7 Å². The third-order valence-corrected chi connectivity index (χ3v) is 2.33. The highest BCUT2D eigenvalue weighted by Crippen LogP contribution is 2.26. The van der Waals surface area contributed by atoms with Gasteiger partial charge in [-0.1, -0.05) is 23.7 Å². The molecule has 0 bridgehead atoms. The van der Waals surface area contributed by atoms with Crippen LogP contribution >= 0.6 is 11.6 Å². The number of nitrogens with zero attached hydrogens (tertiary/aromatic N) is 1. The molecular formula is C11H8ClNO3. The summed E-state index contributed by atoms with van der Waals surface area (Å²) in [6.07, 6.45) is 1.31. The summed E-state index contributed by atoms with van der Waals surface area (Å²) >= 11 is 5.97. The van der Waals surface area contributed by atoms with Gasteiger partial charge >= 0.3 is 5.97 Å². The Bertz CT molecular complexity index is 521. The minimum absolute atomic E-state index is 0.0532. The van der Waals surface area contributed by atoms with Crippen LogP contribution in [-0.2, 0) is 4.74 Å². The van der Waals surface area contributed by atoms with Crippen LogP contribution in [0.15, 0.2) is 34.9 Å². The molecule has 5 heteroatoms. The maximum Gasteiger partial charge on any atom is 0.375 e. The average molecular weight is 238 g/mol. The van der Waals surface area contributed by atoms with Crippen molar-refractivity contribution in [2.45, 2.75) is 0 Å². The van der Waals surface area contributed by atoms with E-state index >= 15 is 0 Å². The normalized spacial score (nSPS) is 10.1. The molecule has 0 aliphatic rings. The van der Waals surface area contributed by atoms with E-state index in [9.17, 15) is 4.79 Å². The Labute approximate surface area is 96.8 Å². The molecule has 0 saturated carbocycles. The quantitative estimate of drug-likeness (QED) is 0.754. The van der Waals surface area contributed by atoms with Crippen LogP contribution in [-0.4, -0.2) is 18.1 Å². The summed E-state index contributed by atoms with van der Waals surface area (Å²) in [5.41, 5.74) is 0.638. The number of rotatable bonds is 2. The highest BCUT2D eigenvalue weighted by atomic mass is 35.5. The maximum atomic E-state index is 11.2. The highest BCUT2D eigenvalue weighted by molar-refractivity contribution is 6.33. The molecule has 0 fully saturated rings. The Balaban J connectivity index is 2.39. The maximum absolute atomic E-state index is 11.2. The Morgan fingerprint density at radius 1 is 1.44 bits per heavy atom. The summed E-state index contributed by atoms with van der Waals surface area (Å²) in [6, 6.07) is 7.09. The summed E-state index contributed by atoms with van der Waals surface area (Å²) in [5.74, 6) is -0.214. The van der Waals surface area contributed by atoms with Gasteiger partial charge in [-0.25, -0.2) is 9.78 Å². The largest absolute Gasteiger partial charge is 0.463 e. The van der Waals surface area contributed by atoms with Gasteiger partial charge in [0.05, 0.1) is 23.9 Å². The van der Waals surface area contributed by atoms with Crippen LogP contribution in [0.1, 0.15) is 10.6 Å². The molecule has 0 aliphatic heterocycles. The van der Waals surface area contributed by atoms with Crippen LogP contribution in [0.25, 0.3) is 11.5 Å². The van der Waals surface area contributed by atoms with Gasteiger partial charge in [0.15, 0.2) is 0 Å². The second-order valence-electron chi connectivity index (χ2n) is 3.00. The first kappa shape index (κ1) is 10.7. The van der Waals surface area contributed by atoms with Gasteiger partial charge in [0, 0.05) is 0 Å². The van der Waals surface area contributed by atoms with E-state index in [0.29, 0.717) is 16.5 Å². The molecule has 0 N–H and O–H groups in total. The van der Waals surface area contributed by atoms with Crippen molar-refractivity contribution in [1.82, 2.24) is 4.98 Å². The van der Waals surface area contributed by atoms with E-state index < -0.39 is 5.97 Å². The molecule has 1 aromatic carbocycles. The molecular weight excluding hydrogens is 230 g/mol. The fraction of sp³-hybridized carbons (Fsp3) is 0.0909. The van der Waals surface area contributed by atoms with E-state index in [1.165, 1.54) is 13.3 Å². The van der Waals surface area contributed by atoms with Crippen molar-refractivity contribution in [2.75, 3.05) is 7.11 Å². The lowest BCUT2D eigenvalue weighted by atomic mass is 10.2. The van der Waals surface area contributed by atoms with Crippen LogP contribution in [0.3, 0.4) is 0 Å². The molecule has 0 unspecified atom stereocenters. The van der Waals surface area contributed by atoms with Crippen molar-refractivity contribution < 1.29 is 13.9 Å². The Morgan fingerprint density at radius 3 is 2.88 bits per heavy atom. The van der Waals surface area contributed by atoms with E-state index in [-0.39, 0.29) is 5.76 Å². The lowest BCUT2D eigenvalue weighted by Crippen LogP contribution is -1.98. The number of oxazole rings is 1. The van der Waals surface area contributed by atoms with Crippen LogP contribution < -0.4 is 0 Å². The van der Waals surface area contributed by atoms with Gasteiger partial charge in [0.1, 0.15) is 0 Å². The van der Waals surface area contributed by atoms with E-state index in [0.717, 1.165) is 0 Å². The number of hydrogen-bond acceptors (Lipinski definition) is 4. The molecule has 1 heterocycles. The molecule has 0 radical (unpaired) electrons. The van der Waals surface area contributed by atoms with E-state index in [2.05, 4.69) is 9.72 Å². The van der Waals surface area contributed by atoms with Crippen molar-refractivity contribution in [3.05, 3.63) is 41.2 Å². The first-order chi connectivity index (χ1) is 7.72. The second kappa shape index (κ2) is 4.37. The number of carbonyl (C=O) groups is 1. The van der Waals surface area contributed by atoms with Crippen molar-refractivity contribution in [3.63, 3.8) is 0 Å². The van der Waals surface area contributed by atoms with Crippen LogP contribution in [0.5, 0.6) is 0 Å². The van der Waals surface area contributed by atoms with Gasteiger partial charge in [-0.05, 0) is 12.1 Å². The first-order valence-electron chi connectivity index (χ1n) is 4.51. The number of halogens is 1. The molecule has 2 rings (SSSR count). The zero-order chi connectivity index (χ0) is 11.5. The molecule has 2 aromatic rings. The number of esters is 1. The van der Waals surface area contributed by atoms with Gasteiger partial charge in [-0.15, -0.1) is 0 Å². The standard InChI is InChI=1S/C11H8ClNO3/c1-15-11(14)9-6-13-10(16-9)7-4-2-3-5-8(7)12/h2-6H,1H3. The Hall–Kier alpha value is -1.81. The lowest BCUT2D eigenvalue weighted by Gasteiger charge is -1.97. The lowest BCUT2D eigenvalue weighted by molar-refractivity contribution is 0.0566. The minimum Gasteiger partial charge on any atom is -0.463 e. The Morgan fingerprint density at radius 2 is 2.19 bits per heavy atom. The van der Waals surface area contributed by atoms with Crippen LogP contribution in [0.4, 0.5) is 0 Å². The minimum atomic E-state index is -0.564. The van der Waals surface area contributed by atoms with Crippen molar-refractivity contribution in [2.24, 2.45) is 0 Å². The topological polar surface area (TPSA) is 52.3 Å². The summed E-state index contributed by atoms with van der Waals surface area (Å²) in [7, 11) is 1.28. The first-order valence-corrected chi connectivity index (χ1v) is 4.89. The van der Waals surface area contributed by atoms with Crippen LogP contribution in [0.2, 0.25) is 5.02 Å². The highest BCUT2D eigenvalue weighted by Gasteiger charge is 2.14. The summed E-state index contributed by atoms with van der Waals surface area (Å²) in [5, 5.41) is 0.515. The number of ether oxygens (including phenoxy) is 1. The van der Waals surface area contributed by atoms with E-state index in [4.69, 9.17) is 16.0 Å². The molecule has 0 atom stereocenters. The number of benzene rings is 1. The van der Waals surface area contributed by atoms with Gasteiger partial charge < -0.3 is 9.15 Å². The van der Waals surface area contributed by atoms with Crippen molar-refractivity contribution in [3.8, 4) is 11.5 Å². The van der Waals surface area contributed by atoms with Gasteiger partial charge in [0.25, 0.3) is 0 Å². The Kier molecular flexibility index (Phi) is 2.92. The molecule has 0 aliphatic carbocycles. The molecule has 82 valence electrons. The summed E-state index contributed by atoms with van der Waals surface area (Å²) in [6.45, 7) is 0. The molecule has 0 amide bonds. The SMILES string of the molecule is COC(=O)c1cnc(-c2ccccc2Cl)o1. The summed E-state index contributed by atoms with van der Waals surface area (Å²) in [4.78, 5) is 15.1. The molecule has 0 saturated heterocycles. The van der Waals surface area contributed by atoms with E-state index in [1.807, 2.05) is 6.07 Å². The van der Waals surface area contributed by atoms with Gasteiger partial charge in [-0.2, -0.15) is 0 Å². The fourth-order valence-corrected chi connectivity index (χ4v) is 1.44. The van der Waals surface area contributed by atoms with Gasteiger partial charge in [-0.3, -0.25) is 0 Å². The molecule has 1 aromatic heterocycles. The average Bonchev–Trinajstić information content (AvgIpc) is 2.78. The third-order valence-electron chi connectivity index (χ3n) is 2.00. The number of methoxy groups -OCH3 is 1. The zero-order valence-corrected chi connectivity index (χ0v) is 9.19. The van der Waals surface area contributed by atoms with Crippen molar-refractivity contribution in [1.29, 1.82) is 0 Å². The summed E-state index contributed by atoms with van der Waals surface area (Å²) < 4.78 is 9.74. The molecule has 16 heavy (non-hydrogen) atoms. The number of aromatic nitrogens is 1. The zero-order valence-electron chi connectivity index (χ0n) is 8.44. The molecule has 4 nitrogen and oxygen atoms in total. The predicted octanol–water partition coefficient (Wildman–Crippen LogP) is 2.78. The third kappa shape index (κ3) is 1.92. The fourth-order valence-electron chi connectivity index (χ4n) is 1.23. The number of carbonyl (C=O) groups excluding carboxylic acids is 1. The van der Waals surface area contributed by atoms with E-state index in [1.54, 1.807) is 18.2 Å². The number of hydrogen-bond donors (Lipinski definition) is 0. The predicted molar refractivity (Wildman–Crippen MR) is 58.3 cm³/mol. The second-order valence-corrected chi connectivity index (χ2v) is 3.41. The molecule has 0 spiro atoms. The van der Waals surface area contributed by atoms with Crippen molar-refractivity contribution >= 4 is 17.6 Å².